The second-order valence-corrected chi connectivity index (χ2v) is 7.61. The summed E-state index contributed by atoms with van der Waals surface area (Å²) in [4.78, 5) is 18.8. The predicted molar refractivity (Wildman–Crippen MR) is 94.5 cm³/mol. The van der Waals surface area contributed by atoms with E-state index in [1.54, 1.807) is 0 Å². The summed E-state index contributed by atoms with van der Waals surface area (Å²) in [7, 11) is 1.53. The van der Waals surface area contributed by atoms with Crippen molar-refractivity contribution in [3.63, 3.8) is 0 Å². The van der Waals surface area contributed by atoms with E-state index in [4.69, 9.17) is 15.2 Å². The van der Waals surface area contributed by atoms with E-state index in [0.717, 1.165) is 18.9 Å². The number of ether oxygens (including phenoxy) is 2. The highest BCUT2D eigenvalue weighted by Crippen LogP contribution is 2.49. The number of hydrogen-bond acceptors (Lipinski definition) is 5. The molecule has 1 aliphatic carbocycles. The number of benzene rings is 1. The van der Waals surface area contributed by atoms with E-state index in [2.05, 4.69) is 4.99 Å². The number of hydrogen-bond donors (Lipinski definition) is 1. The van der Waals surface area contributed by atoms with Crippen LogP contribution in [0.15, 0.2) is 23.2 Å². The molecule has 3 atom stereocenters. The van der Waals surface area contributed by atoms with Crippen molar-refractivity contribution in [2.24, 2.45) is 22.6 Å². The topological polar surface area (TPSA) is 77.2 Å². The second kappa shape index (κ2) is 6.95. The minimum absolute atomic E-state index is 0.00562. The Kier molecular flexibility index (Phi) is 4.73. The fourth-order valence-corrected chi connectivity index (χ4v) is 4.08. The molecule has 0 radical (unpaired) electrons. The number of fused-ring (bicyclic) bond motifs is 1. The lowest BCUT2D eigenvalue weighted by Gasteiger charge is -2.47. The van der Waals surface area contributed by atoms with Gasteiger partial charge in [0.1, 0.15) is 23.7 Å². The zero-order valence-corrected chi connectivity index (χ0v) is 15.4. The third kappa shape index (κ3) is 3.21. The van der Waals surface area contributed by atoms with Crippen LogP contribution in [0.5, 0.6) is 5.75 Å². The number of nitrogens with zero attached hydrogens (tertiary/aromatic N) is 2. The van der Waals surface area contributed by atoms with Crippen LogP contribution in [0.1, 0.15) is 24.8 Å². The summed E-state index contributed by atoms with van der Waals surface area (Å²) in [6.45, 7) is -0.816. The van der Waals surface area contributed by atoms with Crippen LogP contribution >= 0.6 is 0 Å². The van der Waals surface area contributed by atoms with Gasteiger partial charge < -0.3 is 15.2 Å². The average Bonchev–Trinajstić information content (AvgIpc) is 3.50. The number of carbonyl (C=O) groups is 1. The van der Waals surface area contributed by atoms with E-state index in [1.165, 1.54) is 24.1 Å². The van der Waals surface area contributed by atoms with E-state index in [-0.39, 0.29) is 35.9 Å². The molecule has 152 valence electrons. The molecule has 2 heterocycles. The summed E-state index contributed by atoms with van der Waals surface area (Å²) < 4.78 is 50.8. The van der Waals surface area contributed by atoms with Crippen molar-refractivity contribution in [3.8, 4) is 5.75 Å². The maximum Gasteiger partial charge on any atom is 0.272 e. The number of aliphatic imine (C=N–C) groups is 1. The lowest BCUT2D eigenvalue weighted by Crippen LogP contribution is -2.60. The minimum atomic E-state index is -2.66. The van der Waals surface area contributed by atoms with Gasteiger partial charge in [-0.25, -0.2) is 18.2 Å². The molecule has 6 nitrogen and oxygen atoms in total. The van der Waals surface area contributed by atoms with Crippen LogP contribution in [-0.4, -0.2) is 49.6 Å². The number of alkyl halides is 2. The molecule has 0 aromatic heterocycles. The quantitative estimate of drug-likeness (QED) is 0.827. The van der Waals surface area contributed by atoms with Crippen molar-refractivity contribution >= 4 is 11.9 Å². The standard InChI is InChI=1S/C19H22F3N3O3/c1-25-17(26)13-7-15(10-2-3-10)28-9-19(13,24-18(25)23)12-6-11(4-5-14(12)20)27-8-16(21)22/h4-6,10,13,15-16H,2-3,7-9H2,1H3,(H2,23,24)/t13-,15+,19+/m0/s1. The molecule has 0 bridgehead atoms. The zero-order valence-electron chi connectivity index (χ0n) is 15.4. The first-order valence-corrected chi connectivity index (χ1v) is 9.27. The molecule has 4 rings (SSSR count). The normalized spacial score (nSPS) is 30.2. The lowest BCUT2D eigenvalue weighted by molar-refractivity contribution is -0.146. The Morgan fingerprint density at radius 3 is 2.86 bits per heavy atom. The second-order valence-electron chi connectivity index (χ2n) is 7.61. The molecular weight excluding hydrogens is 375 g/mol. The summed E-state index contributed by atoms with van der Waals surface area (Å²) >= 11 is 0. The van der Waals surface area contributed by atoms with Crippen LogP contribution in [0, 0.1) is 17.7 Å². The Morgan fingerprint density at radius 2 is 2.18 bits per heavy atom. The van der Waals surface area contributed by atoms with Crippen LogP contribution in [0.3, 0.4) is 0 Å². The molecule has 1 saturated heterocycles. The molecule has 9 heteroatoms. The van der Waals surface area contributed by atoms with E-state index in [0.29, 0.717) is 12.3 Å². The van der Waals surface area contributed by atoms with Crippen LogP contribution in [0.4, 0.5) is 13.2 Å². The van der Waals surface area contributed by atoms with Gasteiger partial charge in [0.25, 0.3) is 6.43 Å². The monoisotopic (exact) mass is 397 g/mol. The van der Waals surface area contributed by atoms with Gasteiger partial charge in [0, 0.05) is 12.6 Å². The summed E-state index contributed by atoms with van der Waals surface area (Å²) in [5.74, 6) is -1.06. The molecule has 28 heavy (non-hydrogen) atoms. The molecule has 0 spiro atoms. The first kappa shape index (κ1) is 19.0. The third-order valence-electron chi connectivity index (χ3n) is 5.78. The number of rotatable bonds is 5. The molecule has 1 saturated carbocycles. The number of halogens is 3. The van der Waals surface area contributed by atoms with Gasteiger partial charge in [-0.15, -0.1) is 0 Å². The largest absolute Gasteiger partial charge is 0.488 e. The zero-order chi connectivity index (χ0) is 20.1. The van der Waals surface area contributed by atoms with Crippen molar-refractivity contribution in [1.29, 1.82) is 0 Å². The average molecular weight is 397 g/mol. The fraction of sp³-hybridized carbons (Fsp3) is 0.579. The highest BCUT2D eigenvalue weighted by Gasteiger charge is 2.56. The van der Waals surface area contributed by atoms with Crippen molar-refractivity contribution in [2.45, 2.75) is 37.3 Å². The summed E-state index contributed by atoms with van der Waals surface area (Å²) in [6, 6.07) is 3.72. The fourth-order valence-electron chi connectivity index (χ4n) is 4.08. The molecule has 0 unspecified atom stereocenters. The maximum absolute atomic E-state index is 14.8. The molecule has 1 aromatic rings. The molecule has 1 amide bonds. The van der Waals surface area contributed by atoms with Gasteiger partial charge >= 0.3 is 0 Å². The Morgan fingerprint density at radius 1 is 1.43 bits per heavy atom. The van der Waals surface area contributed by atoms with Crippen molar-refractivity contribution < 1.29 is 27.4 Å². The summed E-state index contributed by atoms with van der Waals surface area (Å²) in [5.41, 5.74) is 4.67. The first-order valence-electron chi connectivity index (χ1n) is 9.27. The van der Waals surface area contributed by atoms with Crippen LogP contribution < -0.4 is 10.5 Å². The van der Waals surface area contributed by atoms with Crippen LogP contribution in [0.2, 0.25) is 0 Å². The van der Waals surface area contributed by atoms with Gasteiger partial charge in [0.15, 0.2) is 5.96 Å². The van der Waals surface area contributed by atoms with E-state index in [9.17, 15) is 18.0 Å². The van der Waals surface area contributed by atoms with Gasteiger partial charge in [-0.3, -0.25) is 9.69 Å². The highest BCUT2D eigenvalue weighted by molar-refractivity contribution is 6.00. The number of amides is 1. The van der Waals surface area contributed by atoms with Gasteiger partial charge in [-0.05, 0) is 43.4 Å². The van der Waals surface area contributed by atoms with Gasteiger partial charge in [-0.1, -0.05) is 0 Å². The minimum Gasteiger partial charge on any atom is -0.488 e. The Labute approximate surface area is 160 Å². The van der Waals surface area contributed by atoms with Gasteiger partial charge in [0.05, 0.1) is 18.6 Å². The van der Waals surface area contributed by atoms with Crippen molar-refractivity contribution in [2.75, 3.05) is 20.3 Å². The Hall–Kier alpha value is -2.29. The van der Waals surface area contributed by atoms with Crippen molar-refractivity contribution in [1.82, 2.24) is 4.90 Å². The Bertz CT molecular complexity index is 815. The van der Waals surface area contributed by atoms with Crippen LogP contribution in [-0.2, 0) is 15.1 Å². The molecular formula is C19H22F3N3O3. The summed E-state index contributed by atoms with van der Waals surface area (Å²) in [5, 5.41) is 0. The number of nitrogens with two attached hydrogens (primary N) is 1. The third-order valence-corrected chi connectivity index (χ3v) is 5.78. The molecule has 2 aliphatic heterocycles. The molecule has 2 N–H and O–H groups in total. The molecule has 1 aromatic carbocycles. The first-order chi connectivity index (χ1) is 13.3. The maximum atomic E-state index is 14.8. The van der Waals surface area contributed by atoms with E-state index >= 15 is 0 Å². The van der Waals surface area contributed by atoms with Crippen LogP contribution in [0.25, 0.3) is 0 Å². The number of guanidine groups is 1. The van der Waals surface area contributed by atoms with Gasteiger partial charge in [-0.2, -0.15) is 0 Å². The highest BCUT2D eigenvalue weighted by atomic mass is 19.3. The molecule has 3 aliphatic rings. The van der Waals surface area contributed by atoms with E-state index in [1.807, 2.05) is 0 Å². The summed E-state index contributed by atoms with van der Waals surface area (Å²) in [6.07, 6.45) is -0.232. The van der Waals surface area contributed by atoms with Crippen molar-refractivity contribution in [3.05, 3.63) is 29.6 Å². The lowest BCUT2D eigenvalue weighted by atomic mass is 9.72. The van der Waals surface area contributed by atoms with Gasteiger partial charge in [0.2, 0.25) is 5.91 Å². The molecule has 2 fully saturated rings. The SMILES string of the molecule is CN1C(=O)[C@@H]2C[C@H](C3CC3)OC[C@]2(c2cc(OCC(F)F)ccc2F)N=C1N. The smallest absolute Gasteiger partial charge is 0.272 e. The Balaban J connectivity index is 1.76. The number of carbonyl (C=O) groups excluding carboxylic acids is 1. The van der Waals surface area contributed by atoms with E-state index < -0.39 is 30.3 Å². The predicted octanol–water partition coefficient (Wildman–Crippen LogP) is 2.27.